The van der Waals surface area contributed by atoms with Gasteiger partial charge in [0.1, 0.15) is 11.3 Å². The lowest BCUT2D eigenvalue weighted by Gasteiger charge is -2.49. The van der Waals surface area contributed by atoms with Gasteiger partial charge in [0.05, 0.1) is 6.04 Å². The van der Waals surface area contributed by atoms with Gasteiger partial charge in [0.2, 0.25) is 0 Å². The minimum atomic E-state index is -0.490. The van der Waals surface area contributed by atoms with Crippen LogP contribution >= 0.6 is 0 Å². The van der Waals surface area contributed by atoms with Gasteiger partial charge in [0.25, 0.3) is 5.91 Å². The number of hydrogen-bond acceptors (Lipinski definition) is 3. The van der Waals surface area contributed by atoms with E-state index in [9.17, 15) is 14.7 Å². The van der Waals surface area contributed by atoms with Gasteiger partial charge >= 0.3 is 0 Å². The SMILES string of the molecule is C/C=C(/C)C1C(C)=CC2CC(C)CC(C)C2C1C(O)=C1C(=O)C(C(C)C)N(C)C1=O. The van der Waals surface area contributed by atoms with Gasteiger partial charge in [0.15, 0.2) is 5.78 Å². The highest BCUT2D eigenvalue weighted by molar-refractivity contribution is 6.26. The van der Waals surface area contributed by atoms with E-state index in [0.717, 1.165) is 12.8 Å². The fourth-order valence-corrected chi connectivity index (χ4v) is 6.72. The van der Waals surface area contributed by atoms with E-state index < -0.39 is 6.04 Å². The summed E-state index contributed by atoms with van der Waals surface area (Å²) in [4.78, 5) is 27.9. The lowest BCUT2D eigenvalue weighted by Crippen LogP contribution is -2.43. The molecule has 0 spiro atoms. The molecule has 0 aromatic rings. The molecule has 4 nitrogen and oxygen atoms in total. The van der Waals surface area contributed by atoms with Crippen LogP contribution in [0.1, 0.15) is 61.3 Å². The zero-order valence-electron chi connectivity index (χ0n) is 19.9. The monoisotopic (exact) mass is 413 g/mol. The van der Waals surface area contributed by atoms with Crippen molar-refractivity contribution in [3.8, 4) is 0 Å². The van der Waals surface area contributed by atoms with Gasteiger partial charge in [-0.05, 0) is 63.2 Å². The maximum absolute atomic E-state index is 13.3. The summed E-state index contributed by atoms with van der Waals surface area (Å²) in [5, 5.41) is 11.6. The van der Waals surface area contributed by atoms with E-state index in [-0.39, 0.29) is 46.7 Å². The maximum atomic E-state index is 13.3. The van der Waals surface area contributed by atoms with Crippen molar-refractivity contribution in [3.63, 3.8) is 0 Å². The van der Waals surface area contributed by atoms with Gasteiger partial charge in [-0.15, -0.1) is 0 Å². The third-order valence-corrected chi connectivity index (χ3v) is 7.96. The van der Waals surface area contributed by atoms with Crippen molar-refractivity contribution >= 4 is 11.7 Å². The van der Waals surface area contributed by atoms with Crippen molar-refractivity contribution in [3.05, 3.63) is 34.6 Å². The van der Waals surface area contributed by atoms with Crippen LogP contribution in [0.25, 0.3) is 0 Å². The number of nitrogens with zero attached hydrogens (tertiary/aromatic N) is 1. The number of Topliss-reactive ketones (excluding diaryl/α,β-unsaturated/α-hetero) is 1. The summed E-state index contributed by atoms with van der Waals surface area (Å²) in [5.74, 6) is 1.00. The number of aliphatic hydroxyl groups is 1. The van der Waals surface area contributed by atoms with E-state index in [1.807, 2.05) is 20.8 Å². The highest BCUT2D eigenvalue weighted by atomic mass is 16.3. The molecule has 1 saturated carbocycles. The van der Waals surface area contributed by atoms with E-state index >= 15 is 0 Å². The van der Waals surface area contributed by atoms with Crippen molar-refractivity contribution in [2.75, 3.05) is 7.05 Å². The predicted molar refractivity (Wildman–Crippen MR) is 121 cm³/mol. The lowest BCUT2D eigenvalue weighted by atomic mass is 9.55. The van der Waals surface area contributed by atoms with Crippen molar-refractivity contribution < 1.29 is 14.7 Å². The molecular weight excluding hydrogens is 374 g/mol. The van der Waals surface area contributed by atoms with Gasteiger partial charge in [0, 0.05) is 18.9 Å². The summed E-state index contributed by atoms with van der Waals surface area (Å²) in [6, 6.07) is -0.490. The molecule has 3 rings (SSSR count). The van der Waals surface area contributed by atoms with Crippen molar-refractivity contribution in [2.45, 2.75) is 67.3 Å². The maximum Gasteiger partial charge on any atom is 0.261 e. The fraction of sp³-hybridized carbons (Fsp3) is 0.692. The molecule has 0 bridgehead atoms. The number of amides is 1. The number of fused-ring (bicyclic) bond motifs is 1. The largest absolute Gasteiger partial charge is 0.511 e. The van der Waals surface area contributed by atoms with Crippen LogP contribution < -0.4 is 0 Å². The average molecular weight is 414 g/mol. The number of likely N-dealkylation sites (N-methyl/N-ethyl adjacent to an activating group) is 1. The molecule has 3 aliphatic rings. The Bertz CT molecular complexity index is 818. The molecule has 4 heteroatoms. The van der Waals surface area contributed by atoms with Gasteiger partial charge in [-0.3, -0.25) is 9.59 Å². The van der Waals surface area contributed by atoms with Gasteiger partial charge < -0.3 is 10.0 Å². The standard InChI is InChI=1S/C26H39NO3/c1-9-15(5)19-17(7)12-18-11-14(4)10-16(6)20(18)21(19)24(28)22-25(29)23(13(2)3)27(8)26(22)30/h9,12-14,16,18-21,23,28H,10-11H2,1-8H3/b15-9-,24-22?. The summed E-state index contributed by atoms with van der Waals surface area (Å²) >= 11 is 0. The first kappa shape index (κ1) is 22.8. The van der Waals surface area contributed by atoms with Crippen LogP contribution in [0.5, 0.6) is 0 Å². The molecule has 0 radical (unpaired) electrons. The Morgan fingerprint density at radius 1 is 1.23 bits per heavy atom. The molecule has 1 aliphatic heterocycles. The molecule has 166 valence electrons. The van der Waals surface area contributed by atoms with Crippen LogP contribution in [0.4, 0.5) is 0 Å². The summed E-state index contributed by atoms with van der Waals surface area (Å²) in [5.41, 5.74) is 2.48. The highest BCUT2D eigenvalue weighted by Crippen LogP contribution is 2.53. The Kier molecular flexibility index (Phi) is 6.36. The van der Waals surface area contributed by atoms with Gasteiger partial charge in [-0.1, -0.05) is 51.0 Å². The van der Waals surface area contributed by atoms with Gasteiger partial charge in [-0.2, -0.15) is 0 Å². The van der Waals surface area contributed by atoms with E-state index in [0.29, 0.717) is 17.8 Å². The second kappa shape index (κ2) is 8.36. The molecule has 7 atom stereocenters. The smallest absolute Gasteiger partial charge is 0.261 e. The molecule has 1 amide bonds. The first-order valence-electron chi connectivity index (χ1n) is 11.6. The van der Waals surface area contributed by atoms with E-state index in [4.69, 9.17) is 0 Å². The zero-order chi connectivity index (χ0) is 22.5. The molecule has 7 unspecified atom stereocenters. The highest BCUT2D eigenvalue weighted by Gasteiger charge is 2.51. The quantitative estimate of drug-likeness (QED) is 0.295. The summed E-state index contributed by atoms with van der Waals surface area (Å²) < 4.78 is 0. The minimum Gasteiger partial charge on any atom is -0.511 e. The van der Waals surface area contributed by atoms with Crippen LogP contribution in [0.3, 0.4) is 0 Å². The Morgan fingerprint density at radius 3 is 2.40 bits per heavy atom. The Hall–Kier alpha value is -1.84. The lowest BCUT2D eigenvalue weighted by molar-refractivity contribution is -0.126. The number of hydrogen-bond donors (Lipinski definition) is 1. The summed E-state index contributed by atoms with van der Waals surface area (Å²) in [6.45, 7) is 14.8. The number of allylic oxidation sites excluding steroid dienone is 5. The van der Waals surface area contributed by atoms with Crippen LogP contribution in [0.15, 0.2) is 34.6 Å². The zero-order valence-corrected chi connectivity index (χ0v) is 19.9. The predicted octanol–water partition coefficient (Wildman–Crippen LogP) is 5.32. The number of carbonyl (C=O) groups is 2. The van der Waals surface area contributed by atoms with Crippen LogP contribution in [-0.4, -0.2) is 34.8 Å². The molecule has 1 N–H and O–H groups in total. The molecular formula is C26H39NO3. The summed E-state index contributed by atoms with van der Waals surface area (Å²) in [7, 11) is 1.68. The molecule has 2 fully saturated rings. The molecule has 2 aliphatic carbocycles. The third kappa shape index (κ3) is 3.56. The fourth-order valence-electron chi connectivity index (χ4n) is 6.72. The first-order valence-corrected chi connectivity index (χ1v) is 11.6. The molecule has 1 heterocycles. The number of ketones is 1. The molecule has 30 heavy (non-hydrogen) atoms. The van der Waals surface area contributed by atoms with Crippen molar-refractivity contribution in [1.29, 1.82) is 0 Å². The van der Waals surface area contributed by atoms with Crippen molar-refractivity contribution in [2.24, 2.45) is 41.4 Å². The van der Waals surface area contributed by atoms with Crippen LogP contribution in [0, 0.1) is 41.4 Å². The van der Waals surface area contributed by atoms with Gasteiger partial charge in [-0.25, -0.2) is 0 Å². The number of likely N-dealkylation sites (tertiary alicyclic amines) is 1. The topological polar surface area (TPSA) is 57.6 Å². The molecule has 1 saturated heterocycles. The Balaban J connectivity index is 2.18. The first-order chi connectivity index (χ1) is 14.0. The average Bonchev–Trinajstić information content (AvgIpc) is 2.87. The second-order valence-corrected chi connectivity index (χ2v) is 10.5. The van der Waals surface area contributed by atoms with Crippen LogP contribution in [0.2, 0.25) is 0 Å². The number of rotatable bonds is 3. The number of aliphatic hydroxyl groups excluding tert-OH is 1. The Labute approximate surface area is 182 Å². The van der Waals surface area contributed by atoms with E-state index in [2.05, 4.69) is 39.8 Å². The van der Waals surface area contributed by atoms with E-state index in [1.54, 1.807) is 7.05 Å². The van der Waals surface area contributed by atoms with Crippen LogP contribution in [-0.2, 0) is 9.59 Å². The third-order valence-electron chi connectivity index (χ3n) is 7.96. The second-order valence-electron chi connectivity index (χ2n) is 10.5. The molecule has 0 aromatic heterocycles. The van der Waals surface area contributed by atoms with Crippen molar-refractivity contribution in [1.82, 2.24) is 4.90 Å². The van der Waals surface area contributed by atoms with E-state index in [1.165, 1.54) is 16.0 Å². The summed E-state index contributed by atoms with van der Waals surface area (Å²) in [6.07, 6.45) is 6.73. The Morgan fingerprint density at radius 2 is 1.87 bits per heavy atom. The minimum absolute atomic E-state index is 0.0139. The normalized spacial score (nSPS) is 39.4. The number of carbonyl (C=O) groups excluding carboxylic acids is 2. The molecule has 0 aromatic carbocycles.